The van der Waals surface area contributed by atoms with Gasteiger partial charge in [-0.15, -0.1) is 0 Å². The third-order valence-electron chi connectivity index (χ3n) is 2.85. The van der Waals surface area contributed by atoms with Crippen LogP contribution in [0.15, 0.2) is 47.4 Å². The van der Waals surface area contributed by atoms with Crippen LogP contribution in [0.25, 0.3) is 23.0 Å². The third kappa shape index (κ3) is 2.35. The van der Waals surface area contributed by atoms with Crippen LogP contribution in [-0.2, 0) is 0 Å². The zero-order valence-electron chi connectivity index (χ0n) is 11.2. The van der Waals surface area contributed by atoms with E-state index in [0.717, 1.165) is 11.3 Å². The Morgan fingerprint density at radius 2 is 1.85 bits per heavy atom. The van der Waals surface area contributed by atoms with Crippen molar-refractivity contribution < 1.29 is 4.52 Å². The van der Waals surface area contributed by atoms with Crippen molar-refractivity contribution in [3.8, 4) is 23.0 Å². The Hall–Kier alpha value is -2.76. The van der Waals surface area contributed by atoms with Gasteiger partial charge >= 0.3 is 0 Å². The zero-order chi connectivity index (χ0) is 13.9. The first kappa shape index (κ1) is 12.3. The van der Waals surface area contributed by atoms with E-state index in [2.05, 4.69) is 20.1 Å². The van der Waals surface area contributed by atoms with Crippen LogP contribution >= 0.6 is 0 Å². The molecule has 20 heavy (non-hydrogen) atoms. The largest absolute Gasteiger partial charge is 0.378 e. The number of anilines is 1. The second-order valence-electron chi connectivity index (χ2n) is 4.46. The number of aromatic nitrogens is 4. The highest BCUT2D eigenvalue weighted by Gasteiger charge is 2.11. The molecule has 0 atom stereocenters. The molecule has 0 N–H and O–H groups in total. The number of nitrogens with zero attached hydrogens (tertiary/aromatic N) is 5. The maximum Gasteiger partial charge on any atom is 0.278 e. The molecular weight excluding hydrogens is 254 g/mol. The average molecular weight is 267 g/mol. The molecule has 0 bridgehead atoms. The molecule has 0 spiro atoms. The van der Waals surface area contributed by atoms with Crippen molar-refractivity contribution in [3.05, 3.63) is 42.9 Å². The van der Waals surface area contributed by atoms with Gasteiger partial charge in [0.15, 0.2) is 0 Å². The normalized spacial score (nSPS) is 10.5. The summed E-state index contributed by atoms with van der Waals surface area (Å²) in [5, 5.41) is 3.97. The Balaban J connectivity index is 1.90. The van der Waals surface area contributed by atoms with Gasteiger partial charge in [-0.1, -0.05) is 5.16 Å². The minimum absolute atomic E-state index is 0.366. The van der Waals surface area contributed by atoms with Crippen LogP contribution in [0, 0.1) is 0 Å². The Morgan fingerprint density at radius 1 is 1.05 bits per heavy atom. The summed E-state index contributed by atoms with van der Waals surface area (Å²) >= 11 is 0. The van der Waals surface area contributed by atoms with Crippen LogP contribution in [0.4, 0.5) is 5.69 Å². The molecule has 0 aliphatic rings. The quantitative estimate of drug-likeness (QED) is 0.725. The minimum atomic E-state index is 0.366. The maximum atomic E-state index is 5.21. The second-order valence-corrected chi connectivity index (χ2v) is 4.46. The summed E-state index contributed by atoms with van der Waals surface area (Å²) in [6.45, 7) is 0. The Bertz CT molecular complexity index is 691. The lowest BCUT2D eigenvalue weighted by atomic mass is 10.2. The van der Waals surface area contributed by atoms with Crippen LogP contribution in [0.1, 0.15) is 0 Å². The predicted molar refractivity (Wildman–Crippen MR) is 75.1 cm³/mol. The summed E-state index contributed by atoms with van der Waals surface area (Å²) in [4.78, 5) is 14.5. The monoisotopic (exact) mass is 267 g/mol. The second kappa shape index (κ2) is 5.08. The fraction of sp³-hybridized carbons (Fsp3) is 0.143. The first-order chi connectivity index (χ1) is 9.74. The molecule has 0 unspecified atom stereocenters. The van der Waals surface area contributed by atoms with Gasteiger partial charge in [-0.2, -0.15) is 4.98 Å². The third-order valence-corrected chi connectivity index (χ3v) is 2.85. The summed E-state index contributed by atoms with van der Waals surface area (Å²) in [6.07, 6.45) is 4.78. The summed E-state index contributed by atoms with van der Waals surface area (Å²) < 4.78 is 5.21. The molecule has 3 aromatic rings. The number of hydrogen-bond donors (Lipinski definition) is 0. The molecule has 0 amide bonds. The molecule has 0 saturated carbocycles. The highest BCUT2D eigenvalue weighted by Crippen LogP contribution is 2.22. The fourth-order valence-corrected chi connectivity index (χ4v) is 1.76. The lowest BCUT2D eigenvalue weighted by molar-refractivity contribution is 0.431. The molecule has 1 aromatic carbocycles. The summed E-state index contributed by atoms with van der Waals surface area (Å²) in [7, 11) is 3.99. The van der Waals surface area contributed by atoms with E-state index in [-0.39, 0.29) is 0 Å². The Kier molecular flexibility index (Phi) is 3.12. The van der Waals surface area contributed by atoms with E-state index in [4.69, 9.17) is 4.52 Å². The lowest BCUT2D eigenvalue weighted by Gasteiger charge is -2.11. The van der Waals surface area contributed by atoms with E-state index in [1.165, 1.54) is 0 Å². The predicted octanol–water partition coefficient (Wildman–Crippen LogP) is 2.26. The molecule has 6 nitrogen and oxygen atoms in total. The molecule has 3 rings (SSSR count). The topological polar surface area (TPSA) is 67.9 Å². The minimum Gasteiger partial charge on any atom is -0.378 e. The van der Waals surface area contributed by atoms with Crippen LogP contribution in [0.5, 0.6) is 0 Å². The first-order valence-corrected chi connectivity index (χ1v) is 6.12. The van der Waals surface area contributed by atoms with Gasteiger partial charge in [0.05, 0.1) is 6.20 Å². The molecule has 2 aromatic heterocycles. The molecule has 0 fully saturated rings. The van der Waals surface area contributed by atoms with Gasteiger partial charge < -0.3 is 9.42 Å². The van der Waals surface area contributed by atoms with Gasteiger partial charge in [0, 0.05) is 37.7 Å². The van der Waals surface area contributed by atoms with Gasteiger partial charge in [-0.3, -0.25) is 4.98 Å². The maximum absolute atomic E-state index is 5.21. The van der Waals surface area contributed by atoms with Gasteiger partial charge in [-0.25, -0.2) is 4.98 Å². The molecule has 100 valence electrons. The molecular formula is C14H13N5O. The van der Waals surface area contributed by atoms with E-state index >= 15 is 0 Å². The number of benzene rings is 1. The fourth-order valence-electron chi connectivity index (χ4n) is 1.76. The highest BCUT2D eigenvalue weighted by atomic mass is 16.5. The van der Waals surface area contributed by atoms with Gasteiger partial charge in [0.25, 0.3) is 5.89 Å². The van der Waals surface area contributed by atoms with Crippen molar-refractivity contribution in [2.45, 2.75) is 0 Å². The van der Waals surface area contributed by atoms with Crippen molar-refractivity contribution in [1.82, 2.24) is 20.1 Å². The van der Waals surface area contributed by atoms with Crippen molar-refractivity contribution >= 4 is 5.69 Å². The van der Waals surface area contributed by atoms with Crippen molar-refractivity contribution in [3.63, 3.8) is 0 Å². The summed E-state index contributed by atoms with van der Waals surface area (Å²) in [5.41, 5.74) is 2.58. The van der Waals surface area contributed by atoms with Crippen molar-refractivity contribution in [1.29, 1.82) is 0 Å². The Labute approximate surface area is 116 Å². The van der Waals surface area contributed by atoms with E-state index in [0.29, 0.717) is 17.4 Å². The summed E-state index contributed by atoms with van der Waals surface area (Å²) in [6, 6.07) is 7.93. The number of hydrogen-bond acceptors (Lipinski definition) is 6. The van der Waals surface area contributed by atoms with E-state index < -0.39 is 0 Å². The van der Waals surface area contributed by atoms with Crippen LogP contribution in [-0.4, -0.2) is 34.2 Å². The highest BCUT2D eigenvalue weighted by molar-refractivity contribution is 5.61. The van der Waals surface area contributed by atoms with Crippen LogP contribution in [0.2, 0.25) is 0 Å². The lowest BCUT2D eigenvalue weighted by Crippen LogP contribution is -2.07. The van der Waals surface area contributed by atoms with Crippen molar-refractivity contribution in [2.75, 3.05) is 19.0 Å². The SMILES string of the molecule is CN(C)c1ccc(-c2noc(-c3cnccn3)n2)cc1. The number of rotatable bonds is 3. The molecule has 2 heterocycles. The molecule has 0 aliphatic heterocycles. The van der Waals surface area contributed by atoms with E-state index in [1.54, 1.807) is 18.6 Å². The zero-order valence-corrected chi connectivity index (χ0v) is 11.2. The smallest absolute Gasteiger partial charge is 0.278 e. The van der Waals surface area contributed by atoms with Gasteiger partial charge in [0.2, 0.25) is 5.82 Å². The molecule has 6 heteroatoms. The van der Waals surface area contributed by atoms with Crippen molar-refractivity contribution in [2.24, 2.45) is 0 Å². The summed E-state index contributed by atoms with van der Waals surface area (Å²) in [5.74, 6) is 0.903. The van der Waals surface area contributed by atoms with E-state index in [9.17, 15) is 0 Å². The first-order valence-electron chi connectivity index (χ1n) is 6.12. The standard InChI is InChI=1S/C14H13N5O/c1-19(2)11-5-3-10(4-6-11)13-17-14(20-18-13)12-9-15-7-8-16-12/h3-9H,1-2H3. The molecule has 0 aliphatic carbocycles. The average Bonchev–Trinajstić information content (AvgIpc) is 2.98. The van der Waals surface area contributed by atoms with Gasteiger partial charge in [0.1, 0.15) is 5.69 Å². The van der Waals surface area contributed by atoms with Crippen LogP contribution < -0.4 is 4.90 Å². The molecule has 0 saturated heterocycles. The Morgan fingerprint density at radius 3 is 2.50 bits per heavy atom. The van der Waals surface area contributed by atoms with E-state index in [1.807, 2.05) is 43.3 Å². The van der Waals surface area contributed by atoms with Gasteiger partial charge in [-0.05, 0) is 24.3 Å². The molecule has 0 radical (unpaired) electrons. The van der Waals surface area contributed by atoms with Crippen LogP contribution in [0.3, 0.4) is 0 Å².